The average molecular weight is 253 g/mol. The van der Waals surface area contributed by atoms with Crippen LogP contribution in [0.4, 0.5) is 0 Å². The highest BCUT2D eigenvalue weighted by Gasteiger charge is 2.22. The van der Waals surface area contributed by atoms with Gasteiger partial charge in [-0.05, 0) is 44.8 Å². The molecule has 2 fully saturated rings. The second-order valence-electron chi connectivity index (χ2n) is 5.61. The van der Waals surface area contributed by atoms with Crippen molar-refractivity contribution in [3.05, 3.63) is 0 Å². The summed E-state index contributed by atoms with van der Waals surface area (Å²) in [6.45, 7) is 8.93. The average Bonchev–Trinajstić information content (AvgIpc) is 2.68. The van der Waals surface area contributed by atoms with E-state index < -0.39 is 0 Å². The molecule has 1 amide bonds. The van der Waals surface area contributed by atoms with Gasteiger partial charge in [0.2, 0.25) is 5.91 Å². The first-order valence-electron chi connectivity index (χ1n) is 7.50. The lowest BCUT2D eigenvalue weighted by atomic mass is 9.94. The Labute approximate surface area is 111 Å². The fourth-order valence-corrected chi connectivity index (χ4v) is 2.94. The summed E-state index contributed by atoms with van der Waals surface area (Å²) in [6, 6.07) is 0. The molecular weight excluding hydrogens is 226 g/mol. The van der Waals surface area contributed by atoms with Crippen LogP contribution in [-0.2, 0) is 4.79 Å². The fraction of sp³-hybridized carbons (Fsp3) is 0.929. The van der Waals surface area contributed by atoms with Crippen LogP contribution in [0.3, 0.4) is 0 Å². The Kier molecular flexibility index (Phi) is 5.45. The van der Waals surface area contributed by atoms with Gasteiger partial charge in [0.25, 0.3) is 0 Å². The Balaban J connectivity index is 1.73. The summed E-state index contributed by atoms with van der Waals surface area (Å²) in [6.07, 6.45) is 4.92. The van der Waals surface area contributed by atoms with Gasteiger partial charge in [-0.15, -0.1) is 0 Å². The van der Waals surface area contributed by atoms with Crippen molar-refractivity contribution in [2.24, 2.45) is 5.92 Å². The highest BCUT2D eigenvalue weighted by Crippen LogP contribution is 2.19. The third-order valence-corrected chi connectivity index (χ3v) is 4.34. The van der Waals surface area contributed by atoms with Crippen LogP contribution in [0.25, 0.3) is 0 Å². The van der Waals surface area contributed by atoms with Crippen LogP contribution in [0.15, 0.2) is 0 Å². The number of hydrogen-bond donors (Lipinski definition) is 1. The normalized spacial score (nSPS) is 23.9. The summed E-state index contributed by atoms with van der Waals surface area (Å²) in [5, 5.41) is 3.34. The van der Waals surface area contributed by atoms with Gasteiger partial charge in [-0.25, -0.2) is 0 Å². The zero-order chi connectivity index (χ0) is 12.8. The van der Waals surface area contributed by atoms with E-state index in [0.29, 0.717) is 12.5 Å². The maximum Gasteiger partial charge on any atom is 0.236 e. The van der Waals surface area contributed by atoms with Gasteiger partial charge >= 0.3 is 0 Å². The zero-order valence-corrected chi connectivity index (χ0v) is 11.7. The molecular formula is C14H27N3O. The minimum absolute atomic E-state index is 0.327. The molecule has 0 saturated carbocycles. The Bertz CT molecular complexity index is 254. The summed E-state index contributed by atoms with van der Waals surface area (Å²) < 4.78 is 0. The molecule has 2 heterocycles. The molecule has 0 aromatic rings. The van der Waals surface area contributed by atoms with Crippen LogP contribution in [-0.4, -0.2) is 61.5 Å². The number of piperidine rings is 1. The van der Waals surface area contributed by atoms with E-state index in [0.717, 1.165) is 51.6 Å². The number of amides is 1. The smallest absolute Gasteiger partial charge is 0.236 e. The van der Waals surface area contributed by atoms with Gasteiger partial charge in [0, 0.05) is 19.6 Å². The van der Waals surface area contributed by atoms with Crippen LogP contribution in [0.1, 0.15) is 32.6 Å². The summed E-state index contributed by atoms with van der Waals surface area (Å²) in [5.74, 6) is 1.22. The van der Waals surface area contributed by atoms with E-state index in [4.69, 9.17) is 0 Å². The van der Waals surface area contributed by atoms with Gasteiger partial charge in [0.1, 0.15) is 0 Å². The monoisotopic (exact) mass is 253 g/mol. The molecule has 1 N–H and O–H groups in total. The molecule has 0 bridgehead atoms. The van der Waals surface area contributed by atoms with Crippen LogP contribution >= 0.6 is 0 Å². The number of carbonyl (C=O) groups excluding carboxylic acids is 1. The second kappa shape index (κ2) is 7.10. The molecule has 0 aromatic carbocycles. The Morgan fingerprint density at radius 2 is 1.94 bits per heavy atom. The first-order chi connectivity index (χ1) is 8.79. The first kappa shape index (κ1) is 13.8. The summed E-state index contributed by atoms with van der Waals surface area (Å²) in [5.41, 5.74) is 0. The number of likely N-dealkylation sites (tertiary alicyclic amines) is 1. The molecule has 2 aliphatic rings. The molecule has 4 heteroatoms. The molecule has 0 aliphatic carbocycles. The van der Waals surface area contributed by atoms with Gasteiger partial charge < -0.3 is 10.2 Å². The van der Waals surface area contributed by atoms with E-state index in [2.05, 4.69) is 17.1 Å². The lowest BCUT2D eigenvalue weighted by molar-refractivity contribution is -0.132. The van der Waals surface area contributed by atoms with Crippen molar-refractivity contribution in [2.45, 2.75) is 32.6 Å². The molecule has 2 aliphatic heterocycles. The summed E-state index contributed by atoms with van der Waals surface area (Å²) >= 11 is 0. The number of nitrogens with zero attached hydrogens (tertiary/aromatic N) is 2. The van der Waals surface area contributed by atoms with Crippen molar-refractivity contribution in [2.75, 3.05) is 45.8 Å². The molecule has 0 aromatic heterocycles. The highest BCUT2D eigenvalue weighted by molar-refractivity contribution is 5.78. The second-order valence-corrected chi connectivity index (χ2v) is 5.61. The van der Waals surface area contributed by atoms with E-state index >= 15 is 0 Å². The summed E-state index contributed by atoms with van der Waals surface area (Å²) in [7, 11) is 0. The van der Waals surface area contributed by atoms with Crippen molar-refractivity contribution in [1.29, 1.82) is 0 Å². The van der Waals surface area contributed by atoms with Gasteiger partial charge in [0.15, 0.2) is 0 Å². The third-order valence-electron chi connectivity index (χ3n) is 4.34. The van der Waals surface area contributed by atoms with Gasteiger partial charge in [0.05, 0.1) is 6.54 Å². The zero-order valence-electron chi connectivity index (χ0n) is 11.7. The quantitative estimate of drug-likeness (QED) is 0.813. The number of rotatable bonds is 3. The lowest BCUT2D eigenvalue weighted by Gasteiger charge is -2.32. The molecule has 2 rings (SSSR count). The first-order valence-corrected chi connectivity index (χ1v) is 7.50. The van der Waals surface area contributed by atoms with Gasteiger partial charge in [-0.3, -0.25) is 9.69 Å². The molecule has 18 heavy (non-hydrogen) atoms. The van der Waals surface area contributed by atoms with E-state index in [1.807, 2.05) is 4.90 Å². The van der Waals surface area contributed by atoms with Crippen LogP contribution < -0.4 is 5.32 Å². The maximum absolute atomic E-state index is 12.2. The molecule has 4 nitrogen and oxygen atoms in total. The minimum atomic E-state index is 0.327. The maximum atomic E-state index is 12.2. The predicted molar refractivity (Wildman–Crippen MR) is 73.5 cm³/mol. The SMILES string of the molecule is CCC1CCN(CC(=O)N2CCCNCC2)CC1. The van der Waals surface area contributed by atoms with Crippen molar-refractivity contribution >= 4 is 5.91 Å². The van der Waals surface area contributed by atoms with Crippen molar-refractivity contribution in [1.82, 2.24) is 15.1 Å². The summed E-state index contributed by atoms with van der Waals surface area (Å²) in [4.78, 5) is 16.6. The van der Waals surface area contributed by atoms with Crippen LogP contribution in [0.2, 0.25) is 0 Å². The fourth-order valence-electron chi connectivity index (χ4n) is 2.94. The number of nitrogens with one attached hydrogen (secondary N) is 1. The standard InChI is InChI=1S/C14H27N3O/c1-2-13-4-9-16(10-5-13)12-14(18)17-8-3-6-15-7-11-17/h13,15H,2-12H2,1H3. The van der Waals surface area contributed by atoms with Gasteiger partial charge in [-0.2, -0.15) is 0 Å². The third kappa shape index (κ3) is 3.95. The lowest BCUT2D eigenvalue weighted by Crippen LogP contribution is -2.44. The molecule has 0 spiro atoms. The van der Waals surface area contributed by atoms with Crippen LogP contribution in [0.5, 0.6) is 0 Å². The molecule has 0 unspecified atom stereocenters. The highest BCUT2D eigenvalue weighted by atomic mass is 16.2. The van der Waals surface area contributed by atoms with Crippen molar-refractivity contribution in [3.8, 4) is 0 Å². The van der Waals surface area contributed by atoms with Crippen molar-refractivity contribution in [3.63, 3.8) is 0 Å². The molecule has 104 valence electrons. The van der Waals surface area contributed by atoms with Gasteiger partial charge in [-0.1, -0.05) is 13.3 Å². The Morgan fingerprint density at radius 3 is 2.67 bits per heavy atom. The van der Waals surface area contributed by atoms with E-state index in [-0.39, 0.29) is 0 Å². The number of carbonyl (C=O) groups is 1. The predicted octanol–water partition coefficient (Wildman–Crippen LogP) is 0.930. The largest absolute Gasteiger partial charge is 0.340 e. The van der Waals surface area contributed by atoms with E-state index in [1.165, 1.54) is 19.3 Å². The van der Waals surface area contributed by atoms with Crippen molar-refractivity contribution < 1.29 is 4.79 Å². The van der Waals surface area contributed by atoms with Crippen LogP contribution in [0, 0.1) is 5.92 Å². The minimum Gasteiger partial charge on any atom is -0.340 e. The molecule has 0 radical (unpaired) electrons. The molecule has 0 atom stereocenters. The van der Waals surface area contributed by atoms with E-state index in [9.17, 15) is 4.79 Å². The topological polar surface area (TPSA) is 35.6 Å². The Hall–Kier alpha value is -0.610. The molecule has 2 saturated heterocycles. The number of hydrogen-bond acceptors (Lipinski definition) is 3. The Morgan fingerprint density at radius 1 is 1.17 bits per heavy atom. The van der Waals surface area contributed by atoms with E-state index in [1.54, 1.807) is 0 Å².